The van der Waals surface area contributed by atoms with Gasteiger partial charge in [0.1, 0.15) is 0 Å². The van der Waals surface area contributed by atoms with Crippen LogP contribution in [0.15, 0.2) is 38.0 Å². The summed E-state index contributed by atoms with van der Waals surface area (Å²) < 4.78 is 31.6. The quantitative estimate of drug-likeness (QED) is 0.240. The summed E-state index contributed by atoms with van der Waals surface area (Å²) in [5.74, 6) is -2.94. The summed E-state index contributed by atoms with van der Waals surface area (Å²) in [5.41, 5.74) is 0. The monoisotopic (exact) mass is 344 g/mol. The van der Waals surface area contributed by atoms with E-state index >= 15 is 0 Å². The van der Waals surface area contributed by atoms with Gasteiger partial charge in [-0.25, -0.2) is 14.4 Å². The molecule has 5 N–H and O–H groups in total. The molecule has 12 heteroatoms. The molecule has 0 saturated heterocycles. The SMILES string of the molecule is C=CC(=O)O.C=CC(=O)O.C=CC(=O)O.O=S(=O)(O)O.[AlH3]. The number of carboxylic acids is 3. The highest BCUT2D eigenvalue weighted by Crippen LogP contribution is 1.59. The van der Waals surface area contributed by atoms with Gasteiger partial charge in [-0.15, -0.1) is 0 Å². The van der Waals surface area contributed by atoms with Crippen molar-refractivity contribution in [1.29, 1.82) is 0 Å². The van der Waals surface area contributed by atoms with Crippen LogP contribution in [0.4, 0.5) is 0 Å². The number of carbonyl (C=O) groups is 3. The average Bonchev–Trinajstić information content (AvgIpc) is 2.28. The summed E-state index contributed by atoms with van der Waals surface area (Å²) in [7, 11) is -4.67. The zero-order valence-corrected chi connectivity index (χ0v) is 10.9. The van der Waals surface area contributed by atoms with Crippen molar-refractivity contribution in [2.45, 2.75) is 0 Å². The molecule has 0 amide bonds. The van der Waals surface area contributed by atoms with E-state index in [2.05, 4.69) is 19.7 Å². The van der Waals surface area contributed by atoms with Crippen LogP contribution in [0.3, 0.4) is 0 Å². The van der Waals surface area contributed by atoms with E-state index in [9.17, 15) is 14.4 Å². The van der Waals surface area contributed by atoms with Gasteiger partial charge in [-0.2, -0.15) is 8.42 Å². The Labute approximate surface area is 131 Å². The molecule has 0 aliphatic rings. The number of carboxylic acid groups (broad SMARTS) is 3. The van der Waals surface area contributed by atoms with Crippen LogP contribution < -0.4 is 0 Å². The van der Waals surface area contributed by atoms with E-state index in [1.165, 1.54) is 0 Å². The van der Waals surface area contributed by atoms with E-state index in [-0.39, 0.29) is 17.4 Å². The fraction of sp³-hybridized carbons (Fsp3) is 0. The van der Waals surface area contributed by atoms with E-state index in [1.54, 1.807) is 0 Å². The van der Waals surface area contributed by atoms with Gasteiger partial charge in [-0.3, -0.25) is 9.11 Å². The normalized spacial score (nSPS) is 7.33. The second-order valence-electron chi connectivity index (χ2n) is 2.07. The maximum absolute atomic E-state index is 9.25. The Hall–Kier alpha value is -1.97. The minimum atomic E-state index is -4.67. The van der Waals surface area contributed by atoms with Gasteiger partial charge in [0.2, 0.25) is 0 Å². The van der Waals surface area contributed by atoms with Gasteiger partial charge in [0.15, 0.2) is 17.4 Å². The topological polar surface area (TPSA) is 186 Å². The Morgan fingerprint density at radius 3 is 0.762 bits per heavy atom. The van der Waals surface area contributed by atoms with Crippen LogP contribution in [0, 0.1) is 0 Å². The van der Waals surface area contributed by atoms with E-state index in [4.69, 9.17) is 32.8 Å². The lowest BCUT2D eigenvalue weighted by atomic mass is 10.7. The molecule has 0 atom stereocenters. The van der Waals surface area contributed by atoms with Crippen LogP contribution in [-0.4, -0.2) is 68.1 Å². The van der Waals surface area contributed by atoms with E-state index in [0.29, 0.717) is 0 Å². The van der Waals surface area contributed by atoms with Gasteiger partial charge in [0.05, 0.1) is 0 Å². The van der Waals surface area contributed by atoms with Crippen molar-refractivity contribution in [2.75, 3.05) is 0 Å². The predicted octanol–water partition coefficient (Wildman–Crippen LogP) is -1.07. The Kier molecular flexibility index (Phi) is 30.5. The standard InChI is InChI=1S/3C3H4O2.Al.H2O4S.3H/c3*1-2-3(4)5;;1-5(2,3)4;;;/h3*2H,1H2,(H,4,5);;(H2,1,2,3,4);;;. The third-order valence-corrected chi connectivity index (χ3v) is 0.524. The zero-order valence-electron chi connectivity index (χ0n) is 10.0. The Bertz CT molecular complexity index is 389. The average molecular weight is 344 g/mol. The Morgan fingerprint density at radius 2 is 0.762 bits per heavy atom. The molecule has 0 aromatic heterocycles. The molecule has 21 heavy (non-hydrogen) atoms. The van der Waals surface area contributed by atoms with Gasteiger partial charge in [-0.1, -0.05) is 19.7 Å². The van der Waals surface area contributed by atoms with Gasteiger partial charge >= 0.3 is 28.3 Å². The first-order valence-corrected chi connectivity index (χ1v) is 5.47. The van der Waals surface area contributed by atoms with Crippen molar-refractivity contribution in [1.82, 2.24) is 0 Å². The second-order valence-corrected chi connectivity index (χ2v) is 2.97. The van der Waals surface area contributed by atoms with Crippen LogP contribution in [0.2, 0.25) is 0 Å². The number of hydrogen-bond acceptors (Lipinski definition) is 5. The van der Waals surface area contributed by atoms with E-state index in [0.717, 1.165) is 18.2 Å². The fourth-order valence-electron chi connectivity index (χ4n) is 0. The largest absolute Gasteiger partial charge is 0.478 e. The second kappa shape index (κ2) is 20.4. The number of aliphatic carboxylic acids is 3. The van der Waals surface area contributed by atoms with Crippen LogP contribution in [0.25, 0.3) is 0 Å². The lowest BCUT2D eigenvalue weighted by molar-refractivity contribution is -0.132. The maximum atomic E-state index is 9.25. The van der Waals surface area contributed by atoms with Crippen molar-refractivity contribution in [3.8, 4) is 0 Å². The van der Waals surface area contributed by atoms with Crippen molar-refractivity contribution < 1.29 is 47.2 Å². The Morgan fingerprint density at radius 1 is 0.714 bits per heavy atom. The summed E-state index contributed by atoms with van der Waals surface area (Å²) in [6.45, 7) is 8.88. The lowest BCUT2D eigenvalue weighted by Gasteiger charge is -1.68. The first kappa shape index (κ1) is 31.4. The predicted molar refractivity (Wildman–Crippen MR) is 77.6 cm³/mol. The smallest absolute Gasteiger partial charge is 0.394 e. The molecule has 0 aliphatic carbocycles. The van der Waals surface area contributed by atoms with Crippen LogP contribution in [0.1, 0.15) is 0 Å². The van der Waals surface area contributed by atoms with Gasteiger partial charge in [0, 0.05) is 18.2 Å². The molecule has 0 heterocycles. The third-order valence-electron chi connectivity index (χ3n) is 0.524. The zero-order chi connectivity index (χ0) is 17.4. The van der Waals surface area contributed by atoms with Crippen LogP contribution in [-0.2, 0) is 24.8 Å². The summed E-state index contributed by atoms with van der Waals surface area (Å²) >= 11 is 0. The van der Waals surface area contributed by atoms with E-state index < -0.39 is 28.3 Å². The molecule has 0 aromatic rings. The van der Waals surface area contributed by atoms with Crippen molar-refractivity contribution in [2.24, 2.45) is 0 Å². The van der Waals surface area contributed by atoms with Gasteiger partial charge < -0.3 is 15.3 Å². The molecule has 0 unspecified atom stereocenters. The molecule has 122 valence electrons. The lowest BCUT2D eigenvalue weighted by Crippen LogP contribution is -1.89. The highest BCUT2D eigenvalue weighted by atomic mass is 32.3. The molecule has 0 bridgehead atoms. The molecule has 0 saturated carbocycles. The molecular weight excluding hydrogens is 327 g/mol. The maximum Gasteiger partial charge on any atom is 0.394 e. The minimum Gasteiger partial charge on any atom is -0.478 e. The first-order valence-electron chi connectivity index (χ1n) is 4.07. The number of rotatable bonds is 3. The first-order chi connectivity index (χ1) is 8.81. The van der Waals surface area contributed by atoms with Gasteiger partial charge in [-0.05, 0) is 0 Å². The molecular formula is C9H17AlO10S. The molecule has 0 spiro atoms. The van der Waals surface area contributed by atoms with Crippen molar-refractivity contribution >= 4 is 45.7 Å². The molecule has 0 aliphatic heterocycles. The summed E-state index contributed by atoms with van der Waals surface area (Å²) in [6.07, 6.45) is 2.50. The molecule has 0 radical (unpaired) electrons. The van der Waals surface area contributed by atoms with Crippen molar-refractivity contribution in [3.05, 3.63) is 38.0 Å². The Balaban J connectivity index is -0.0000000533. The highest BCUT2D eigenvalue weighted by Gasteiger charge is 1.84. The van der Waals surface area contributed by atoms with Crippen LogP contribution in [0.5, 0.6) is 0 Å². The molecule has 0 rings (SSSR count). The van der Waals surface area contributed by atoms with Gasteiger partial charge in [0.25, 0.3) is 0 Å². The molecule has 0 aromatic carbocycles. The van der Waals surface area contributed by atoms with Crippen LogP contribution >= 0.6 is 0 Å². The third kappa shape index (κ3) is 285. The van der Waals surface area contributed by atoms with E-state index in [1.807, 2.05) is 0 Å². The fourth-order valence-corrected chi connectivity index (χ4v) is 0. The summed E-state index contributed by atoms with van der Waals surface area (Å²) in [5, 5.41) is 22.8. The number of hydrogen-bond donors (Lipinski definition) is 5. The molecule has 0 fully saturated rings. The molecule has 10 nitrogen and oxygen atoms in total. The summed E-state index contributed by atoms with van der Waals surface area (Å²) in [6, 6.07) is 0. The summed E-state index contributed by atoms with van der Waals surface area (Å²) in [4.78, 5) is 27.8. The highest BCUT2D eigenvalue weighted by molar-refractivity contribution is 7.79. The van der Waals surface area contributed by atoms with Crippen molar-refractivity contribution in [3.63, 3.8) is 0 Å². The minimum absolute atomic E-state index is 0.